The first kappa shape index (κ1) is 11.3. The second kappa shape index (κ2) is 5.23. The van der Waals surface area contributed by atoms with Gasteiger partial charge in [0.2, 0.25) is 0 Å². The highest BCUT2D eigenvalue weighted by atomic mass is 79.9. The fourth-order valence-electron chi connectivity index (χ4n) is 1.05. The van der Waals surface area contributed by atoms with E-state index in [0.717, 1.165) is 16.6 Å². The first-order valence-corrected chi connectivity index (χ1v) is 5.70. The summed E-state index contributed by atoms with van der Waals surface area (Å²) in [5.74, 6) is 0.427. The van der Waals surface area contributed by atoms with E-state index in [9.17, 15) is 4.39 Å². The van der Waals surface area contributed by atoms with Crippen molar-refractivity contribution in [1.82, 2.24) is 0 Å². The number of thiol groups is 1. The van der Waals surface area contributed by atoms with Gasteiger partial charge >= 0.3 is 0 Å². The lowest BCUT2D eigenvalue weighted by atomic mass is 10.1. The molecule has 0 spiro atoms. The van der Waals surface area contributed by atoms with E-state index in [1.54, 1.807) is 12.1 Å². The zero-order valence-corrected chi connectivity index (χ0v) is 10.1. The molecule has 0 amide bonds. The highest BCUT2D eigenvalue weighted by molar-refractivity contribution is 9.10. The average Bonchev–Trinajstić information content (AvgIpc) is 2.12. The maximum atomic E-state index is 13.4. The van der Waals surface area contributed by atoms with Crippen LogP contribution in [-0.4, -0.2) is 5.75 Å². The fraction of sp³-hybridized carbons (Fsp3) is 0.333. The molecule has 0 nitrogen and oxygen atoms in total. The maximum Gasteiger partial charge on any atom is 0.146 e. The standard InChI is InChI=1S/C9H9BrClFS/c10-7-3-4-8(11)9(12)6(7)2-1-5-13/h3-4,13H,1-2,5H2. The Hall–Kier alpha value is 0.270. The average molecular weight is 284 g/mol. The van der Waals surface area contributed by atoms with Crippen LogP contribution in [0, 0.1) is 5.82 Å². The normalized spacial score (nSPS) is 10.5. The molecule has 0 radical (unpaired) electrons. The molecule has 72 valence electrons. The molecular formula is C9H9BrClFS. The van der Waals surface area contributed by atoms with Crippen molar-refractivity contribution in [2.45, 2.75) is 12.8 Å². The molecule has 0 aliphatic carbocycles. The summed E-state index contributed by atoms with van der Waals surface area (Å²) in [6.07, 6.45) is 1.51. The quantitative estimate of drug-likeness (QED) is 0.626. The van der Waals surface area contributed by atoms with E-state index in [1.807, 2.05) is 0 Å². The van der Waals surface area contributed by atoms with Gasteiger partial charge in [0, 0.05) is 10.0 Å². The molecule has 0 unspecified atom stereocenters. The summed E-state index contributed by atoms with van der Waals surface area (Å²) in [7, 11) is 0. The second-order valence-electron chi connectivity index (χ2n) is 2.65. The highest BCUT2D eigenvalue weighted by Crippen LogP contribution is 2.26. The van der Waals surface area contributed by atoms with Crippen LogP contribution in [-0.2, 0) is 6.42 Å². The molecule has 0 atom stereocenters. The van der Waals surface area contributed by atoms with E-state index in [2.05, 4.69) is 28.6 Å². The van der Waals surface area contributed by atoms with Crippen molar-refractivity contribution in [2.75, 3.05) is 5.75 Å². The molecule has 0 fully saturated rings. The summed E-state index contributed by atoms with van der Waals surface area (Å²) < 4.78 is 14.2. The first-order valence-electron chi connectivity index (χ1n) is 3.90. The van der Waals surface area contributed by atoms with Crippen molar-refractivity contribution in [1.29, 1.82) is 0 Å². The SMILES string of the molecule is Fc1c(Cl)ccc(Br)c1CCCS. The summed E-state index contributed by atoms with van der Waals surface area (Å²) in [5.41, 5.74) is 0.640. The molecule has 0 bridgehead atoms. The zero-order valence-electron chi connectivity index (χ0n) is 6.86. The lowest BCUT2D eigenvalue weighted by molar-refractivity contribution is 0.606. The molecule has 1 aromatic carbocycles. The van der Waals surface area contributed by atoms with E-state index in [4.69, 9.17) is 11.6 Å². The third-order valence-electron chi connectivity index (χ3n) is 1.72. The van der Waals surface area contributed by atoms with E-state index in [1.165, 1.54) is 0 Å². The number of rotatable bonds is 3. The molecule has 0 saturated carbocycles. The van der Waals surface area contributed by atoms with Gasteiger partial charge in [-0.1, -0.05) is 27.5 Å². The van der Waals surface area contributed by atoms with E-state index < -0.39 is 0 Å². The summed E-state index contributed by atoms with van der Waals surface area (Å²) in [5, 5.41) is 0.178. The summed E-state index contributed by atoms with van der Waals surface area (Å²) in [4.78, 5) is 0. The van der Waals surface area contributed by atoms with Crippen molar-refractivity contribution in [3.63, 3.8) is 0 Å². The molecule has 1 aromatic rings. The summed E-state index contributed by atoms with van der Waals surface area (Å²) >= 11 is 13.0. The molecule has 4 heteroatoms. The van der Waals surface area contributed by atoms with Crippen molar-refractivity contribution in [3.8, 4) is 0 Å². The Labute approximate surface area is 96.0 Å². The van der Waals surface area contributed by atoms with Gasteiger partial charge in [-0.15, -0.1) is 0 Å². The van der Waals surface area contributed by atoms with Crippen molar-refractivity contribution in [3.05, 3.63) is 33.0 Å². The van der Waals surface area contributed by atoms with Crippen LogP contribution < -0.4 is 0 Å². The van der Waals surface area contributed by atoms with Crippen LogP contribution in [0.25, 0.3) is 0 Å². The van der Waals surface area contributed by atoms with E-state index in [0.29, 0.717) is 12.0 Å². The molecule has 0 aliphatic heterocycles. The minimum Gasteiger partial charge on any atom is -0.205 e. The number of benzene rings is 1. The van der Waals surface area contributed by atoms with Crippen LogP contribution in [0.2, 0.25) is 5.02 Å². The second-order valence-corrected chi connectivity index (χ2v) is 4.36. The van der Waals surface area contributed by atoms with Crippen LogP contribution in [0.4, 0.5) is 4.39 Å². The van der Waals surface area contributed by atoms with Crippen molar-refractivity contribution >= 4 is 40.2 Å². The third-order valence-corrected chi connectivity index (χ3v) is 3.07. The number of hydrogen-bond donors (Lipinski definition) is 1. The van der Waals surface area contributed by atoms with Gasteiger partial charge < -0.3 is 0 Å². The molecule has 13 heavy (non-hydrogen) atoms. The summed E-state index contributed by atoms with van der Waals surface area (Å²) in [6, 6.07) is 3.31. The topological polar surface area (TPSA) is 0 Å². The molecule has 0 aromatic heterocycles. The largest absolute Gasteiger partial charge is 0.205 e. The predicted molar refractivity (Wildman–Crippen MR) is 61.3 cm³/mol. The van der Waals surface area contributed by atoms with Crippen LogP contribution in [0.15, 0.2) is 16.6 Å². The molecule has 1 rings (SSSR count). The Bertz CT molecular complexity index is 304. The van der Waals surface area contributed by atoms with Crippen LogP contribution in [0.5, 0.6) is 0 Å². The fourth-order valence-corrected chi connectivity index (χ4v) is 1.89. The van der Waals surface area contributed by atoms with Gasteiger partial charge in [0.05, 0.1) is 5.02 Å². The van der Waals surface area contributed by atoms with Gasteiger partial charge in [0.15, 0.2) is 0 Å². The highest BCUT2D eigenvalue weighted by Gasteiger charge is 2.09. The predicted octanol–water partition coefficient (Wildman–Crippen LogP) is 4.10. The molecule has 0 heterocycles. The summed E-state index contributed by atoms with van der Waals surface area (Å²) in [6.45, 7) is 0. The van der Waals surface area contributed by atoms with Crippen molar-refractivity contribution in [2.24, 2.45) is 0 Å². The van der Waals surface area contributed by atoms with Gasteiger partial charge in [0.25, 0.3) is 0 Å². The Morgan fingerprint density at radius 3 is 2.77 bits per heavy atom. The minimum atomic E-state index is -0.321. The maximum absolute atomic E-state index is 13.4. The third kappa shape index (κ3) is 2.86. The molecule has 0 N–H and O–H groups in total. The lowest BCUT2D eigenvalue weighted by Gasteiger charge is -2.06. The Kier molecular flexibility index (Phi) is 4.56. The number of hydrogen-bond acceptors (Lipinski definition) is 1. The van der Waals surface area contributed by atoms with Gasteiger partial charge in [-0.25, -0.2) is 4.39 Å². The monoisotopic (exact) mass is 282 g/mol. The van der Waals surface area contributed by atoms with Crippen LogP contribution in [0.3, 0.4) is 0 Å². The molecule has 0 saturated heterocycles. The number of halogens is 3. The Morgan fingerprint density at radius 1 is 1.46 bits per heavy atom. The van der Waals surface area contributed by atoms with E-state index in [-0.39, 0.29) is 10.8 Å². The Balaban J connectivity index is 2.96. The van der Waals surface area contributed by atoms with Gasteiger partial charge in [-0.2, -0.15) is 12.6 Å². The van der Waals surface area contributed by atoms with Gasteiger partial charge in [0.1, 0.15) is 5.82 Å². The zero-order chi connectivity index (χ0) is 9.84. The molecular weight excluding hydrogens is 275 g/mol. The lowest BCUT2D eigenvalue weighted by Crippen LogP contribution is -1.94. The minimum absolute atomic E-state index is 0.178. The Morgan fingerprint density at radius 2 is 2.15 bits per heavy atom. The van der Waals surface area contributed by atoms with Crippen LogP contribution in [0.1, 0.15) is 12.0 Å². The molecule has 0 aliphatic rings. The van der Waals surface area contributed by atoms with Crippen LogP contribution >= 0.6 is 40.2 Å². The van der Waals surface area contributed by atoms with Gasteiger partial charge in [-0.3, -0.25) is 0 Å². The smallest absolute Gasteiger partial charge is 0.146 e. The van der Waals surface area contributed by atoms with Crippen molar-refractivity contribution < 1.29 is 4.39 Å². The van der Waals surface area contributed by atoms with Gasteiger partial charge in [-0.05, 0) is 30.7 Å². The first-order chi connectivity index (χ1) is 6.16. The van der Waals surface area contributed by atoms with E-state index >= 15 is 0 Å².